The fourth-order valence-electron chi connectivity index (χ4n) is 1.88. The fourth-order valence-corrected chi connectivity index (χ4v) is 1.88. The molecule has 0 radical (unpaired) electrons. The predicted molar refractivity (Wildman–Crippen MR) is 66.2 cm³/mol. The summed E-state index contributed by atoms with van der Waals surface area (Å²) in [6.45, 7) is 8.45. The highest BCUT2D eigenvalue weighted by atomic mass is 16.5. The molecule has 2 aromatic rings. The molecule has 0 fully saturated rings. The van der Waals surface area contributed by atoms with E-state index in [1.165, 1.54) is 0 Å². The summed E-state index contributed by atoms with van der Waals surface area (Å²) in [7, 11) is 0. The van der Waals surface area contributed by atoms with Crippen LogP contribution in [0.15, 0.2) is 22.7 Å². The zero-order valence-electron chi connectivity index (χ0n) is 10.7. The minimum atomic E-state index is 0.507. The van der Waals surface area contributed by atoms with Gasteiger partial charge in [-0.3, -0.25) is 0 Å². The molecule has 0 bridgehead atoms. The van der Waals surface area contributed by atoms with Gasteiger partial charge in [-0.25, -0.2) is 0 Å². The minimum Gasteiger partial charge on any atom is -0.488 e. The standard InChI is InChI=1S/C14H17NO2/c1-9-6-5-7-10(2)14(9)16-8-13-11(3)15-17-12(13)4/h5-7H,8H2,1-4H3. The van der Waals surface area contributed by atoms with E-state index in [4.69, 9.17) is 9.26 Å². The molecule has 1 heterocycles. The van der Waals surface area contributed by atoms with E-state index in [1.807, 2.05) is 19.9 Å². The van der Waals surface area contributed by atoms with Crippen LogP contribution in [0.1, 0.15) is 28.1 Å². The van der Waals surface area contributed by atoms with Crippen LogP contribution >= 0.6 is 0 Å². The third kappa shape index (κ3) is 2.33. The van der Waals surface area contributed by atoms with E-state index in [-0.39, 0.29) is 0 Å². The maximum Gasteiger partial charge on any atom is 0.140 e. The number of nitrogens with zero attached hydrogens (tertiary/aromatic N) is 1. The number of aryl methyl sites for hydroxylation is 4. The van der Waals surface area contributed by atoms with Crippen molar-refractivity contribution in [2.24, 2.45) is 0 Å². The van der Waals surface area contributed by atoms with Crippen molar-refractivity contribution in [3.05, 3.63) is 46.3 Å². The van der Waals surface area contributed by atoms with Crippen molar-refractivity contribution < 1.29 is 9.26 Å². The number of hydrogen-bond acceptors (Lipinski definition) is 3. The minimum absolute atomic E-state index is 0.507. The van der Waals surface area contributed by atoms with Crippen LogP contribution in [0.3, 0.4) is 0 Å². The van der Waals surface area contributed by atoms with Crippen LogP contribution in [-0.2, 0) is 6.61 Å². The summed E-state index contributed by atoms with van der Waals surface area (Å²) in [5.74, 6) is 1.78. The summed E-state index contributed by atoms with van der Waals surface area (Å²) in [6.07, 6.45) is 0. The van der Waals surface area contributed by atoms with E-state index < -0.39 is 0 Å². The first kappa shape index (κ1) is 11.7. The molecule has 17 heavy (non-hydrogen) atoms. The molecule has 0 saturated carbocycles. The van der Waals surface area contributed by atoms with Crippen molar-refractivity contribution in [2.45, 2.75) is 34.3 Å². The van der Waals surface area contributed by atoms with Crippen molar-refractivity contribution in [2.75, 3.05) is 0 Å². The van der Waals surface area contributed by atoms with E-state index in [0.29, 0.717) is 6.61 Å². The number of hydrogen-bond donors (Lipinski definition) is 0. The summed E-state index contributed by atoms with van der Waals surface area (Å²) >= 11 is 0. The molecule has 1 aromatic carbocycles. The fraction of sp³-hybridized carbons (Fsp3) is 0.357. The van der Waals surface area contributed by atoms with E-state index in [1.54, 1.807) is 0 Å². The van der Waals surface area contributed by atoms with Gasteiger partial charge in [-0.05, 0) is 38.8 Å². The zero-order valence-corrected chi connectivity index (χ0v) is 10.7. The Morgan fingerprint density at radius 1 is 1.12 bits per heavy atom. The van der Waals surface area contributed by atoms with Gasteiger partial charge in [0.2, 0.25) is 0 Å². The van der Waals surface area contributed by atoms with Crippen LogP contribution in [-0.4, -0.2) is 5.16 Å². The first-order chi connectivity index (χ1) is 8.09. The molecule has 0 N–H and O–H groups in total. The van der Waals surface area contributed by atoms with Gasteiger partial charge in [0.25, 0.3) is 0 Å². The highest BCUT2D eigenvalue weighted by Crippen LogP contribution is 2.24. The van der Waals surface area contributed by atoms with Crippen LogP contribution in [0, 0.1) is 27.7 Å². The smallest absolute Gasteiger partial charge is 0.140 e. The Bertz CT molecular complexity index is 489. The first-order valence-electron chi connectivity index (χ1n) is 5.70. The Hall–Kier alpha value is -1.77. The highest BCUT2D eigenvalue weighted by Gasteiger charge is 2.11. The van der Waals surface area contributed by atoms with Gasteiger partial charge < -0.3 is 9.26 Å². The second-order valence-electron chi connectivity index (χ2n) is 4.31. The Balaban J connectivity index is 2.18. The predicted octanol–water partition coefficient (Wildman–Crippen LogP) is 3.49. The normalized spacial score (nSPS) is 10.6. The lowest BCUT2D eigenvalue weighted by molar-refractivity contribution is 0.297. The molecule has 0 aliphatic rings. The van der Waals surface area contributed by atoms with Gasteiger partial charge in [-0.15, -0.1) is 0 Å². The quantitative estimate of drug-likeness (QED) is 0.811. The largest absolute Gasteiger partial charge is 0.488 e. The molecular weight excluding hydrogens is 214 g/mol. The third-order valence-corrected chi connectivity index (χ3v) is 2.95. The van der Waals surface area contributed by atoms with Crippen LogP contribution in [0.4, 0.5) is 0 Å². The van der Waals surface area contributed by atoms with Gasteiger partial charge in [-0.1, -0.05) is 23.4 Å². The number of aromatic nitrogens is 1. The van der Waals surface area contributed by atoms with E-state index in [2.05, 4.69) is 31.1 Å². The van der Waals surface area contributed by atoms with Crippen molar-refractivity contribution >= 4 is 0 Å². The van der Waals surface area contributed by atoms with Crippen molar-refractivity contribution in [1.82, 2.24) is 5.16 Å². The Morgan fingerprint density at radius 3 is 2.29 bits per heavy atom. The molecule has 0 aliphatic carbocycles. The van der Waals surface area contributed by atoms with Gasteiger partial charge in [0.1, 0.15) is 18.1 Å². The lowest BCUT2D eigenvalue weighted by Gasteiger charge is -2.11. The Labute approximate surface area is 101 Å². The second kappa shape index (κ2) is 4.62. The van der Waals surface area contributed by atoms with Gasteiger partial charge in [0, 0.05) is 0 Å². The summed E-state index contributed by atoms with van der Waals surface area (Å²) in [6, 6.07) is 6.14. The van der Waals surface area contributed by atoms with Gasteiger partial charge in [-0.2, -0.15) is 0 Å². The van der Waals surface area contributed by atoms with Gasteiger partial charge in [0.15, 0.2) is 0 Å². The summed E-state index contributed by atoms with van der Waals surface area (Å²) in [5, 5.41) is 3.92. The Kier molecular flexibility index (Phi) is 3.18. The number of ether oxygens (including phenoxy) is 1. The first-order valence-corrected chi connectivity index (χ1v) is 5.70. The number of benzene rings is 1. The van der Waals surface area contributed by atoms with Crippen molar-refractivity contribution in [1.29, 1.82) is 0 Å². The van der Waals surface area contributed by atoms with E-state index in [0.717, 1.165) is 33.9 Å². The molecule has 90 valence electrons. The monoisotopic (exact) mass is 231 g/mol. The van der Waals surface area contributed by atoms with Gasteiger partial charge >= 0.3 is 0 Å². The lowest BCUT2D eigenvalue weighted by atomic mass is 10.1. The van der Waals surface area contributed by atoms with Crippen LogP contribution < -0.4 is 4.74 Å². The zero-order chi connectivity index (χ0) is 12.4. The highest BCUT2D eigenvalue weighted by molar-refractivity contribution is 5.40. The van der Waals surface area contributed by atoms with Gasteiger partial charge in [0.05, 0.1) is 11.3 Å². The van der Waals surface area contributed by atoms with E-state index in [9.17, 15) is 0 Å². The topological polar surface area (TPSA) is 35.3 Å². The SMILES string of the molecule is Cc1cccc(C)c1OCc1c(C)noc1C. The maximum atomic E-state index is 5.87. The van der Waals surface area contributed by atoms with Crippen LogP contribution in [0.2, 0.25) is 0 Å². The molecule has 0 aliphatic heterocycles. The average Bonchev–Trinajstić information content (AvgIpc) is 2.59. The maximum absolute atomic E-state index is 5.87. The summed E-state index contributed by atoms with van der Waals surface area (Å²) in [5.41, 5.74) is 4.23. The van der Waals surface area contributed by atoms with E-state index >= 15 is 0 Å². The number of para-hydroxylation sites is 1. The lowest BCUT2D eigenvalue weighted by Crippen LogP contribution is -2.00. The summed E-state index contributed by atoms with van der Waals surface area (Å²) < 4.78 is 11.0. The van der Waals surface area contributed by atoms with Crippen LogP contribution in [0.25, 0.3) is 0 Å². The van der Waals surface area contributed by atoms with Crippen LogP contribution in [0.5, 0.6) is 5.75 Å². The molecule has 0 atom stereocenters. The number of rotatable bonds is 3. The Morgan fingerprint density at radius 2 is 1.76 bits per heavy atom. The third-order valence-electron chi connectivity index (χ3n) is 2.95. The molecule has 0 amide bonds. The molecule has 3 nitrogen and oxygen atoms in total. The molecule has 3 heteroatoms. The van der Waals surface area contributed by atoms with Crippen molar-refractivity contribution in [3.8, 4) is 5.75 Å². The average molecular weight is 231 g/mol. The molecular formula is C14H17NO2. The molecule has 0 spiro atoms. The molecule has 1 aromatic heterocycles. The molecule has 0 unspecified atom stereocenters. The summed E-state index contributed by atoms with van der Waals surface area (Å²) in [4.78, 5) is 0. The second-order valence-corrected chi connectivity index (χ2v) is 4.31. The van der Waals surface area contributed by atoms with Crippen molar-refractivity contribution in [3.63, 3.8) is 0 Å². The molecule has 0 saturated heterocycles. The molecule has 2 rings (SSSR count).